The molecule has 0 aromatic carbocycles. The van der Waals surface area contributed by atoms with E-state index in [1.807, 2.05) is 44.9 Å². The zero-order chi connectivity index (χ0) is 18.4. The SMILES string of the molecule is C/C=C\N=C(C)N1CCC(C2CCN(C(=O)OC(C)(C)C)CC2)CC1. The zero-order valence-corrected chi connectivity index (χ0v) is 16.6. The van der Waals surface area contributed by atoms with Gasteiger partial charge in [0.25, 0.3) is 0 Å². The average molecular weight is 350 g/mol. The number of carbonyl (C=O) groups excluding carboxylic acids is 1. The van der Waals surface area contributed by atoms with Gasteiger partial charge in [-0.2, -0.15) is 0 Å². The summed E-state index contributed by atoms with van der Waals surface area (Å²) in [6, 6.07) is 0. The summed E-state index contributed by atoms with van der Waals surface area (Å²) in [5.41, 5.74) is -0.410. The Bertz CT molecular complexity index is 492. The molecule has 0 spiro atoms. The van der Waals surface area contributed by atoms with Crippen molar-refractivity contribution in [3.8, 4) is 0 Å². The Morgan fingerprint density at radius 1 is 1.00 bits per heavy atom. The van der Waals surface area contributed by atoms with Crippen LogP contribution >= 0.6 is 0 Å². The fourth-order valence-corrected chi connectivity index (χ4v) is 3.84. The van der Waals surface area contributed by atoms with Crippen LogP contribution in [-0.4, -0.2) is 53.5 Å². The van der Waals surface area contributed by atoms with Crippen molar-refractivity contribution in [1.29, 1.82) is 0 Å². The summed E-state index contributed by atoms with van der Waals surface area (Å²) >= 11 is 0. The molecule has 0 N–H and O–H groups in total. The first-order valence-corrected chi connectivity index (χ1v) is 9.68. The van der Waals surface area contributed by atoms with Gasteiger partial charge in [0.2, 0.25) is 0 Å². The number of amidine groups is 1. The van der Waals surface area contributed by atoms with E-state index in [-0.39, 0.29) is 6.09 Å². The topological polar surface area (TPSA) is 45.1 Å². The number of nitrogens with zero attached hydrogens (tertiary/aromatic N) is 3. The van der Waals surface area contributed by atoms with E-state index < -0.39 is 5.60 Å². The van der Waals surface area contributed by atoms with Gasteiger partial charge in [-0.05, 0) is 72.1 Å². The molecule has 0 atom stereocenters. The number of hydrogen-bond donors (Lipinski definition) is 0. The molecule has 5 heteroatoms. The summed E-state index contributed by atoms with van der Waals surface area (Å²) in [7, 11) is 0. The van der Waals surface area contributed by atoms with Crippen molar-refractivity contribution < 1.29 is 9.53 Å². The van der Waals surface area contributed by atoms with Crippen molar-refractivity contribution in [2.45, 2.75) is 65.9 Å². The monoisotopic (exact) mass is 349 g/mol. The number of allylic oxidation sites excluding steroid dienone is 1. The molecule has 1 amide bonds. The van der Waals surface area contributed by atoms with Crippen molar-refractivity contribution in [2.75, 3.05) is 26.2 Å². The number of hydrogen-bond acceptors (Lipinski definition) is 3. The molecule has 2 saturated heterocycles. The Hall–Kier alpha value is -1.52. The molecule has 2 rings (SSSR count). The molecule has 0 unspecified atom stereocenters. The summed E-state index contributed by atoms with van der Waals surface area (Å²) < 4.78 is 5.49. The van der Waals surface area contributed by atoms with Gasteiger partial charge in [-0.15, -0.1) is 0 Å². The third-order valence-corrected chi connectivity index (χ3v) is 5.27. The first kappa shape index (κ1) is 19.8. The second-order valence-electron chi connectivity index (χ2n) is 8.29. The van der Waals surface area contributed by atoms with Gasteiger partial charge in [-0.25, -0.2) is 9.79 Å². The van der Waals surface area contributed by atoms with E-state index in [1.165, 1.54) is 12.8 Å². The maximum Gasteiger partial charge on any atom is 0.410 e. The lowest BCUT2D eigenvalue weighted by Gasteiger charge is -2.40. The minimum Gasteiger partial charge on any atom is -0.444 e. The molecule has 2 heterocycles. The molecule has 142 valence electrons. The fourth-order valence-electron chi connectivity index (χ4n) is 3.84. The normalized spacial score (nSPS) is 21.9. The molecule has 0 radical (unpaired) electrons. The number of likely N-dealkylation sites (tertiary alicyclic amines) is 2. The van der Waals surface area contributed by atoms with Crippen LogP contribution in [0.2, 0.25) is 0 Å². The van der Waals surface area contributed by atoms with Crippen molar-refractivity contribution in [1.82, 2.24) is 9.80 Å². The van der Waals surface area contributed by atoms with Gasteiger partial charge in [0.15, 0.2) is 0 Å². The summed E-state index contributed by atoms with van der Waals surface area (Å²) in [5.74, 6) is 2.65. The highest BCUT2D eigenvalue weighted by molar-refractivity contribution is 5.80. The van der Waals surface area contributed by atoms with Crippen molar-refractivity contribution in [2.24, 2.45) is 16.8 Å². The minimum atomic E-state index is -0.410. The first-order valence-electron chi connectivity index (χ1n) is 9.68. The maximum absolute atomic E-state index is 12.2. The highest BCUT2D eigenvalue weighted by atomic mass is 16.6. The van der Waals surface area contributed by atoms with Crippen molar-refractivity contribution in [3.63, 3.8) is 0 Å². The van der Waals surface area contributed by atoms with Gasteiger partial charge in [0.05, 0.1) is 0 Å². The van der Waals surface area contributed by atoms with E-state index in [2.05, 4.69) is 16.8 Å². The lowest BCUT2D eigenvalue weighted by atomic mass is 9.79. The van der Waals surface area contributed by atoms with Gasteiger partial charge in [-0.1, -0.05) is 6.08 Å². The molecule has 2 aliphatic heterocycles. The van der Waals surface area contributed by atoms with E-state index >= 15 is 0 Å². The van der Waals surface area contributed by atoms with Crippen LogP contribution in [0.5, 0.6) is 0 Å². The highest BCUT2D eigenvalue weighted by Gasteiger charge is 2.32. The van der Waals surface area contributed by atoms with Crippen LogP contribution in [0.4, 0.5) is 4.79 Å². The predicted molar refractivity (Wildman–Crippen MR) is 103 cm³/mol. The Morgan fingerprint density at radius 3 is 1.92 bits per heavy atom. The standard InChI is InChI=1S/C20H35N3O2/c1-6-11-21-16(2)22-12-7-17(8-13-22)18-9-14-23(15-10-18)19(24)25-20(3,4)5/h6,11,17-18H,7-10,12-15H2,1-5H3/b11-6-,21-16?. The van der Waals surface area contributed by atoms with Gasteiger partial charge in [0, 0.05) is 32.4 Å². The van der Waals surface area contributed by atoms with Gasteiger partial charge in [-0.3, -0.25) is 0 Å². The minimum absolute atomic E-state index is 0.156. The lowest BCUT2D eigenvalue weighted by Crippen LogP contribution is -2.45. The largest absolute Gasteiger partial charge is 0.444 e. The molecular weight excluding hydrogens is 314 g/mol. The molecule has 5 nitrogen and oxygen atoms in total. The maximum atomic E-state index is 12.2. The molecule has 2 aliphatic rings. The third-order valence-electron chi connectivity index (χ3n) is 5.27. The molecule has 0 bridgehead atoms. The summed E-state index contributed by atoms with van der Waals surface area (Å²) in [5, 5.41) is 0. The lowest BCUT2D eigenvalue weighted by molar-refractivity contribution is 0.0143. The zero-order valence-electron chi connectivity index (χ0n) is 16.6. The number of ether oxygens (including phenoxy) is 1. The predicted octanol–water partition coefficient (Wildman–Crippen LogP) is 4.30. The Kier molecular flexibility index (Phi) is 6.91. The second-order valence-corrected chi connectivity index (χ2v) is 8.29. The van der Waals surface area contributed by atoms with Crippen LogP contribution in [0.1, 0.15) is 60.3 Å². The van der Waals surface area contributed by atoms with Crippen LogP contribution < -0.4 is 0 Å². The number of amides is 1. The van der Waals surface area contributed by atoms with Crippen LogP contribution in [0.25, 0.3) is 0 Å². The van der Waals surface area contributed by atoms with Gasteiger partial charge in [0.1, 0.15) is 11.4 Å². The summed E-state index contributed by atoms with van der Waals surface area (Å²) in [6.45, 7) is 13.7. The van der Waals surface area contributed by atoms with Crippen molar-refractivity contribution in [3.05, 3.63) is 12.3 Å². The van der Waals surface area contributed by atoms with E-state index in [9.17, 15) is 4.79 Å². The highest BCUT2D eigenvalue weighted by Crippen LogP contribution is 2.33. The molecule has 2 fully saturated rings. The number of aliphatic imine (C=N–C) groups is 1. The quantitative estimate of drug-likeness (QED) is 0.551. The molecular formula is C20H35N3O2. The molecule has 0 aromatic rings. The van der Waals surface area contributed by atoms with Crippen LogP contribution in [0.3, 0.4) is 0 Å². The Morgan fingerprint density at radius 2 is 1.48 bits per heavy atom. The van der Waals surface area contributed by atoms with Crippen LogP contribution in [0.15, 0.2) is 17.3 Å². The number of piperidine rings is 2. The van der Waals surface area contributed by atoms with E-state index in [0.717, 1.165) is 56.7 Å². The summed E-state index contributed by atoms with van der Waals surface area (Å²) in [4.78, 5) is 20.9. The second kappa shape index (κ2) is 8.72. The number of rotatable bonds is 2. The summed E-state index contributed by atoms with van der Waals surface area (Å²) in [6.07, 6.45) is 8.37. The van der Waals surface area contributed by atoms with E-state index in [1.54, 1.807) is 0 Å². The van der Waals surface area contributed by atoms with E-state index in [4.69, 9.17) is 4.74 Å². The molecule has 0 aliphatic carbocycles. The average Bonchev–Trinajstić information content (AvgIpc) is 2.58. The Balaban J connectivity index is 1.76. The molecule has 0 saturated carbocycles. The number of carbonyl (C=O) groups is 1. The Labute approximate surface area is 153 Å². The first-order chi connectivity index (χ1) is 11.8. The van der Waals surface area contributed by atoms with Gasteiger partial charge < -0.3 is 14.5 Å². The van der Waals surface area contributed by atoms with Crippen LogP contribution in [-0.2, 0) is 4.74 Å². The molecule has 25 heavy (non-hydrogen) atoms. The van der Waals surface area contributed by atoms with Crippen LogP contribution in [0, 0.1) is 11.8 Å². The smallest absolute Gasteiger partial charge is 0.410 e. The molecule has 0 aromatic heterocycles. The fraction of sp³-hybridized carbons (Fsp3) is 0.800. The van der Waals surface area contributed by atoms with Crippen molar-refractivity contribution >= 4 is 11.9 Å². The van der Waals surface area contributed by atoms with Gasteiger partial charge >= 0.3 is 6.09 Å². The third kappa shape index (κ3) is 6.05. The van der Waals surface area contributed by atoms with E-state index in [0.29, 0.717) is 0 Å².